The van der Waals surface area contributed by atoms with E-state index < -0.39 is 30.3 Å². The predicted molar refractivity (Wildman–Crippen MR) is 158 cm³/mol. The molecule has 4 aromatic carbocycles. The van der Waals surface area contributed by atoms with E-state index in [0.717, 1.165) is 11.1 Å². The summed E-state index contributed by atoms with van der Waals surface area (Å²) in [4.78, 5) is 38.7. The number of carbonyl (C=O) groups excluding carboxylic acids is 3. The van der Waals surface area contributed by atoms with Gasteiger partial charge in [0.2, 0.25) is 0 Å². The molecule has 1 aliphatic rings. The molecule has 0 saturated heterocycles. The third-order valence-corrected chi connectivity index (χ3v) is 7.22. The number of ketones is 1. The van der Waals surface area contributed by atoms with E-state index in [2.05, 4.69) is 16.0 Å². The Balaban J connectivity index is 1.36. The first-order valence-electron chi connectivity index (χ1n) is 13.5. The summed E-state index contributed by atoms with van der Waals surface area (Å²) in [7, 11) is 0. The maximum Gasteiger partial charge on any atom is 0.255 e. The Morgan fingerprint density at radius 2 is 1.62 bits per heavy atom. The third-order valence-electron chi connectivity index (χ3n) is 7.22. The van der Waals surface area contributed by atoms with Crippen molar-refractivity contribution in [3.63, 3.8) is 0 Å². The molecule has 5 N–H and O–H groups in total. The minimum absolute atomic E-state index is 0.0445. The summed E-state index contributed by atoms with van der Waals surface area (Å²) < 4.78 is 14.7. The van der Waals surface area contributed by atoms with Crippen molar-refractivity contribution < 1.29 is 29.0 Å². The van der Waals surface area contributed by atoms with E-state index in [4.69, 9.17) is 5.11 Å². The van der Waals surface area contributed by atoms with Crippen molar-refractivity contribution in [2.45, 2.75) is 25.9 Å². The summed E-state index contributed by atoms with van der Waals surface area (Å²) in [5.41, 5.74) is 5.31. The van der Waals surface area contributed by atoms with Gasteiger partial charge in [0.1, 0.15) is 5.82 Å². The summed E-state index contributed by atoms with van der Waals surface area (Å²) in [6.45, 7) is 1.19. The van der Waals surface area contributed by atoms with Gasteiger partial charge < -0.3 is 26.2 Å². The van der Waals surface area contributed by atoms with Crippen LogP contribution in [-0.4, -0.2) is 47.1 Å². The molecular formula is C33H30FN3O5. The van der Waals surface area contributed by atoms with Crippen molar-refractivity contribution >= 4 is 34.7 Å². The first-order valence-corrected chi connectivity index (χ1v) is 13.5. The van der Waals surface area contributed by atoms with Crippen LogP contribution < -0.4 is 16.0 Å². The van der Waals surface area contributed by atoms with Gasteiger partial charge in [-0.2, -0.15) is 0 Å². The van der Waals surface area contributed by atoms with E-state index in [1.165, 1.54) is 6.07 Å². The Kier molecular flexibility index (Phi) is 8.42. The largest absolute Gasteiger partial charge is 0.394 e. The Bertz CT molecular complexity index is 1670. The van der Waals surface area contributed by atoms with Gasteiger partial charge in [0.15, 0.2) is 5.78 Å². The first kappa shape index (κ1) is 28.7. The Labute approximate surface area is 242 Å². The summed E-state index contributed by atoms with van der Waals surface area (Å²) >= 11 is 0. The Hall–Kier alpha value is -4.86. The van der Waals surface area contributed by atoms with Gasteiger partial charge in [-0.25, -0.2) is 4.39 Å². The molecule has 42 heavy (non-hydrogen) atoms. The Morgan fingerprint density at radius 3 is 2.38 bits per heavy atom. The molecule has 1 aliphatic carbocycles. The zero-order chi connectivity index (χ0) is 29.8. The van der Waals surface area contributed by atoms with Crippen molar-refractivity contribution in [3.8, 4) is 0 Å². The predicted octanol–water partition coefficient (Wildman–Crippen LogP) is 4.54. The number of rotatable bonds is 8. The molecule has 8 nitrogen and oxygen atoms in total. The van der Waals surface area contributed by atoms with Crippen molar-refractivity contribution in [3.05, 3.63) is 124 Å². The van der Waals surface area contributed by atoms with Crippen LogP contribution in [0.1, 0.15) is 53.3 Å². The molecule has 1 atom stereocenters. The molecule has 0 saturated carbocycles. The Morgan fingerprint density at radius 1 is 0.857 bits per heavy atom. The van der Waals surface area contributed by atoms with Gasteiger partial charge in [-0.1, -0.05) is 24.3 Å². The van der Waals surface area contributed by atoms with E-state index in [-0.39, 0.29) is 23.6 Å². The molecule has 0 radical (unpaired) electrons. The van der Waals surface area contributed by atoms with Crippen molar-refractivity contribution in [1.82, 2.24) is 5.32 Å². The topological polar surface area (TPSA) is 128 Å². The van der Waals surface area contributed by atoms with Crippen molar-refractivity contribution in [1.29, 1.82) is 0 Å². The van der Waals surface area contributed by atoms with Gasteiger partial charge in [0.25, 0.3) is 11.8 Å². The van der Waals surface area contributed by atoms with Crippen LogP contribution in [0.3, 0.4) is 0 Å². The standard InChI is InChI=1S/C33H30FN3O5/c1-19-13-28(34)30(37-33(42)21-5-3-2-4-6-21)16-29(19)36-24-11-12-26-22(14-24)9-7-20-8-10-23(15-27(20)31(26)40)32(41)35-17-25(39)18-38/h2-6,8,10-16,25,36,38-39H,7,9,17-18H2,1H3,(H,35,41)(H,37,42)/t25-/m1/s1. The molecule has 0 fully saturated rings. The maximum atomic E-state index is 14.7. The number of hydrogen-bond donors (Lipinski definition) is 5. The second-order valence-electron chi connectivity index (χ2n) is 10.2. The zero-order valence-corrected chi connectivity index (χ0v) is 22.9. The fourth-order valence-electron chi connectivity index (χ4n) is 4.88. The van der Waals surface area contributed by atoms with Crippen LogP contribution >= 0.6 is 0 Å². The zero-order valence-electron chi connectivity index (χ0n) is 22.9. The van der Waals surface area contributed by atoms with Gasteiger partial charge in [-0.15, -0.1) is 0 Å². The highest BCUT2D eigenvalue weighted by atomic mass is 19.1. The van der Waals surface area contributed by atoms with E-state index in [1.54, 1.807) is 73.7 Å². The lowest BCUT2D eigenvalue weighted by molar-refractivity contribution is 0.0802. The molecule has 0 heterocycles. The number of aryl methyl sites for hydroxylation is 3. The average Bonchev–Trinajstić information content (AvgIpc) is 3.14. The minimum atomic E-state index is -1.07. The molecule has 0 aliphatic heterocycles. The molecular weight excluding hydrogens is 537 g/mol. The quantitative estimate of drug-likeness (QED) is 0.213. The molecule has 5 rings (SSSR count). The van der Waals surface area contributed by atoms with Crippen LogP contribution in [-0.2, 0) is 12.8 Å². The van der Waals surface area contributed by atoms with Gasteiger partial charge in [-0.05, 0) is 91.1 Å². The number of amides is 2. The SMILES string of the molecule is Cc1cc(F)c(NC(=O)c2ccccc2)cc1Nc1ccc2c(c1)CCc1ccc(C(=O)NC[C@@H](O)CO)cc1C2=O. The fraction of sp³-hybridized carbons (Fsp3) is 0.182. The van der Waals surface area contributed by atoms with Crippen molar-refractivity contribution in [2.75, 3.05) is 23.8 Å². The van der Waals surface area contributed by atoms with Crippen LogP contribution in [0.25, 0.3) is 0 Å². The number of aliphatic hydroxyl groups is 2. The van der Waals surface area contributed by atoms with Crippen LogP contribution in [0, 0.1) is 12.7 Å². The number of fused-ring (bicyclic) bond motifs is 2. The van der Waals surface area contributed by atoms with Gasteiger partial charge in [0, 0.05) is 40.2 Å². The van der Waals surface area contributed by atoms with E-state index in [1.807, 2.05) is 6.07 Å². The second kappa shape index (κ2) is 12.3. The maximum absolute atomic E-state index is 14.7. The molecule has 4 aromatic rings. The molecule has 214 valence electrons. The van der Waals surface area contributed by atoms with Crippen molar-refractivity contribution in [2.24, 2.45) is 0 Å². The minimum Gasteiger partial charge on any atom is -0.394 e. The van der Waals surface area contributed by atoms with Gasteiger partial charge >= 0.3 is 0 Å². The highest BCUT2D eigenvalue weighted by molar-refractivity contribution is 6.12. The summed E-state index contributed by atoms with van der Waals surface area (Å²) in [5, 5.41) is 27.0. The van der Waals surface area contributed by atoms with Gasteiger partial charge in [0.05, 0.1) is 18.4 Å². The molecule has 0 bridgehead atoms. The lowest BCUT2D eigenvalue weighted by atomic mass is 9.96. The normalized spacial score (nSPS) is 12.9. The molecule has 9 heteroatoms. The van der Waals surface area contributed by atoms with Crippen LogP contribution in [0.4, 0.5) is 21.5 Å². The summed E-state index contributed by atoms with van der Waals surface area (Å²) in [6.07, 6.45) is 0.122. The summed E-state index contributed by atoms with van der Waals surface area (Å²) in [6, 6.07) is 21.8. The highest BCUT2D eigenvalue weighted by Gasteiger charge is 2.23. The molecule has 2 amide bonds. The van der Waals surface area contributed by atoms with E-state index in [0.29, 0.717) is 46.5 Å². The van der Waals surface area contributed by atoms with Crippen LogP contribution in [0.5, 0.6) is 0 Å². The van der Waals surface area contributed by atoms with E-state index >= 15 is 0 Å². The number of aliphatic hydroxyl groups excluding tert-OH is 2. The number of halogens is 1. The van der Waals surface area contributed by atoms with Crippen LogP contribution in [0.15, 0.2) is 78.9 Å². The molecule has 0 aromatic heterocycles. The fourth-order valence-corrected chi connectivity index (χ4v) is 4.88. The third kappa shape index (κ3) is 6.22. The molecule has 0 unspecified atom stereocenters. The number of hydrogen-bond acceptors (Lipinski definition) is 6. The lowest BCUT2D eigenvalue weighted by Gasteiger charge is -2.15. The molecule has 0 spiro atoms. The highest BCUT2D eigenvalue weighted by Crippen LogP contribution is 2.31. The first-order chi connectivity index (χ1) is 20.2. The second-order valence-corrected chi connectivity index (χ2v) is 10.2. The van der Waals surface area contributed by atoms with Crippen LogP contribution in [0.2, 0.25) is 0 Å². The lowest BCUT2D eigenvalue weighted by Crippen LogP contribution is -2.34. The number of anilines is 3. The average molecular weight is 568 g/mol. The van der Waals surface area contributed by atoms with Gasteiger partial charge in [-0.3, -0.25) is 14.4 Å². The number of nitrogens with one attached hydrogen (secondary N) is 3. The smallest absolute Gasteiger partial charge is 0.255 e. The monoisotopic (exact) mass is 567 g/mol. The summed E-state index contributed by atoms with van der Waals surface area (Å²) in [5.74, 6) is -1.62. The number of carbonyl (C=O) groups is 3. The van der Waals surface area contributed by atoms with E-state index in [9.17, 15) is 23.9 Å². The number of benzene rings is 4.